The normalized spacial score (nSPS) is 10.8. The summed E-state index contributed by atoms with van der Waals surface area (Å²) in [4.78, 5) is 35.8. The Kier molecular flexibility index (Phi) is 6.01. The van der Waals surface area contributed by atoms with E-state index in [4.69, 9.17) is 9.15 Å². The number of aromatic nitrogens is 2. The minimum Gasteiger partial charge on any atom is -0.462 e. The number of rotatable bonds is 7. The molecule has 0 aliphatic carbocycles. The second kappa shape index (κ2) is 8.49. The van der Waals surface area contributed by atoms with Crippen LogP contribution in [0.15, 0.2) is 21.9 Å². The SMILES string of the molecule is CCOC(=O)c1c(-c2ccc(C)o2)csc1NC(=O)Cn1nc(C)c([N+](=O)[O-])c1C. The summed E-state index contributed by atoms with van der Waals surface area (Å²) in [5.41, 5.74) is 1.09. The average molecular weight is 432 g/mol. The second-order valence-electron chi connectivity index (χ2n) is 6.47. The molecule has 3 aromatic rings. The van der Waals surface area contributed by atoms with Crippen molar-refractivity contribution in [2.45, 2.75) is 34.2 Å². The lowest BCUT2D eigenvalue weighted by Crippen LogP contribution is -2.21. The van der Waals surface area contributed by atoms with Crippen molar-refractivity contribution in [3.05, 3.63) is 50.3 Å². The minimum absolute atomic E-state index is 0.124. The molecule has 3 rings (SSSR count). The van der Waals surface area contributed by atoms with Gasteiger partial charge in [0.2, 0.25) is 5.91 Å². The summed E-state index contributed by atoms with van der Waals surface area (Å²) in [7, 11) is 0. The third kappa shape index (κ3) is 4.10. The minimum atomic E-state index is -0.583. The molecule has 0 aliphatic rings. The van der Waals surface area contributed by atoms with Gasteiger partial charge >= 0.3 is 11.7 Å². The van der Waals surface area contributed by atoms with Crippen molar-refractivity contribution in [3.8, 4) is 11.3 Å². The van der Waals surface area contributed by atoms with Crippen LogP contribution in [0.1, 0.15) is 34.4 Å². The molecule has 0 atom stereocenters. The number of furan rings is 1. The molecule has 0 bridgehead atoms. The van der Waals surface area contributed by atoms with Crippen LogP contribution in [-0.4, -0.2) is 33.2 Å². The summed E-state index contributed by atoms with van der Waals surface area (Å²) in [5.74, 6) is 0.106. The maximum atomic E-state index is 12.6. The summed E-state index contributed by atoms with van der Waals surface area (Å²) in [6, 6.07) is 3.51. The average Bonchev–Trinajstić information content (AvgIpc) is 3.33. The van der Waals surface area contributed by atoms with Gasteiger partial charge in [0.1, 0.15) is 40.0 Å². The quantitative estimate of drug-likeness (QED) is 0.341. The molecule has 0 unspecified atom stereocenters. The van der Waals surface area contributed by atoms with Gasteiger partial charge in [0.15, 0.2) is 0 Å². The van der Waals surface area contributed by atoms with E-state index >= 15 is 0 Å². The third-order valence-electron chi connectivity index (χ3n) is 4.35. The molecular weight excluding hydrogens is 412 g/mol. The van der Waals surface area contributed by atoms with Crippen molar-refractivity contribution in [2.75, 3.05) is 11.9 Å². The van der Waals surface area contributed by atoms with Gasteiger partial charge in [0, 0.05) is 10.9 Å². The van der Waals surface area contributed by atoms with E-state index in [-0.39, 0.29) is 35.8 Å². The fourth-order valence-corrected chi connectivity index (χ4v) is 3.98. The number of hydrogen-bond donors (Lipinski definition) is 1. The Morgan fingerprint density at radius 1 is 1.33 bits per heavy atom. The van der Waals surface area contributed by atoms with Crippen molar-refractivity contribution in [3.63, 3.8) is 0 Å². The largest absolute Gasteiger partial charge is 0.462 e. The van der Waals surface area contributed by atoms with Crippen LogP contribution in [0.5, 0.6) is 0 Å². The maximum Gasteiger partial charge on any atom is 0.341 e. The molecule has 0 aromatic carbocycles. The van der Waals surface area contributed by atoms with Crippen molar-refractivity contribution in [2.24, 2.45) is 0 Å². The van der Waals surface area contributed by atoms with Gasteiger partial charge in [0.25, 0.3) is 0 Å². The Labute approximate surface area is 175 Å². The number of nitrogens with one attached hydrogen (secondary N) is 1. The van der Waals surface area contributed by atoms with E-state index in [9.17, 15) is 19.7 Å². The third-order valence-corrected chi connectivity index (χ3v) is 5.24. The van der Waals surface area contributed by atoms with Crippen LogP contribution >= 0.6 is 11.3 Å². The Morgan fingerprint density at radius 2 is 2.07 bits per heavy atom. The van der Waals surface area contributed by atoms with Crippen LogP contribution in [0, 0.1) is 30.9 Å². The number of carbonyl (C=O) groups is 2. The number of thiophene rings is 1. The molecule has 11 heteroatoms. The number of anilines is 1. The predicted molar refractivity (Wildman–Crippen MR) is 110 cm³/mol. The molecule has 0 saturated heterocycles. The number of esters is 1. The fourth-order valence-electron chi connectivity index (χ4n) is 3.02. The smallest absolute Gasteiger partial charge is 0.341 e. The maximum absolute atomic E-state index is 12.6. The Balaban J connectivity index is 1.88. The van der Waals surface area contributed by atoms with Crippen LogP contribution in [0.2, 0.25) is 0 Å². The molecular formula is C19H20N4O6S. The van der Waals surface area contributed by atoms with Crippen LogP contribution in [0.4, 0.5) is 10.7 Å². The highest BCUT2D eigenvalue weighted by molar-refractivity contribution is 7.15. The molecule has 30 heavy (non-hydrogen) atoms. The van der Waals surface area contributed by atoms with Gasteiger partial charge in [-0.3, -0.25) is 19.6 Å². The van der Waals surface area contributed by atoms with Crippen LogP contribution in [0.3, 0.4) is 0 Å². The van der Waals surface area contributed by atoms with Gasteiger partial charge < -0.3 is 14.5 Å². The van der Waals surface area contributed by atoms with Crippen molar-refractivity contribution in [1.29, 1.82) is 0 Å². The lowest BCUT2D eigenvalue weighted by Gasteiger charge is -2.08. The van der Waals surface area contributed by atoms with E-state index in [0.29, 0.717) is 22.1 Å². The summed E-state index contributed by atoms with van der Waals surface area (Å²) in [6.07, 6.45) is 0. The predicted octanol–water partition coefficient (Wildman–Crippen LogP) is 3.85. The lowest BCUT2D eigenvalue weighted by molar-refractivity contribution is -0.386. The van der Waals surface area contributed by atoms with Crippen molar-refractivity contribution >= 4 is 33.9 Å². The molecule has 0 saturated carbocycles. The summed E-state index contributed by atoms with van der Waals surface area (Å²) < 4.78 is 12.0. The number of hydrogen-bond acceptors (Lipinski definition) is 8. The first-order valence-corrected chi connectivity index (χ1v) is 9.94. The number of nitro groups is 1. The number of carbonyl (C=O) groups excluding carboxylic acids is 2. The first-order chi connectivity index (χ1) is 14.2. The van der Waals surface area contributed by atoms with E-state index in [2.05, 4.69) is 10.4 Å². The molecule has 0 spiro atoms. The zero-order valence-corrected chi connectivity index (χ0v) is 17.7. The van der Waals surface area contributed by atoms with E-state index < -0.39 is 16.8 Å². The summed E-state index contributed by atoms with van der Waals surface area (Å²) in [6.45, 7) is 6.45. The van der Waals surface area contributed by atoms with Gasteiger partial charge in [-0.15, -0.1) is 11.3 Å². The molecule has 0 radical (unpaired) electrons. The zero-order chi connectivity index (χ0) is 22.0. The van der Waals surface area contributed by atoms with Gasteiger partial charge in [-0.2, -0.15) is 5.10 Å². The number of amides is 1. The Morgan fingerprint density at radius 3 is 2.63 bits per heavy atom. The molecule has 10 nitrogen and oxygen atoms in total. The molecule has 158 valence electrons. The van der Waals surface area contributed by atoms with E-state index in [1.54, 1.807) is 31.4 Å². The Bertz CT molecular complexity index is 1130. The summed E-state index contributed by atoms with van der Waals surface area (Å²) in [5, 5.41) is 19.9. The van der Waals surface area contributed by atoms with E-state index in [0.717, 1.165) is 11.3 Å². The van der Waals surface area contributed by atoms with Crippen LogP contribution in [0.25, 0.3) is 11.3 Å². The Hall–Kier alpha value is -3.47. The number of nitrogens with zero attached hydrogens (tertiary/aromatic N) is 3. The molecule has 1 N–H and O–H groups in total. The van der Waals surface area contributed by atoms with Crippen molar-refractivity contribution < 1.29 is 23.7 Å². The monoisotopic (exact) mass is 432 g/mol. The van der Waals surface area contributed by atoms with Crippen molar-refractivity contribution in [1.82, 2.24) is 9.78 Å². The highest BCUT2D eigenvalue weighted by atomic mass is 32.1. The second-order valence-corrected chi connectivity index (χ2v) is 7.35. The molecule has 0 fully saturated rings. The van der Waals surface area contributed by atoms with Crippen LogP contribution < -0.4 is 5.32 Å². The highest BCUT2D eigenvalue weighted by Crippen LogP contribution is 2.37. The lowest BCUT2D eigenvalue weighted by atomic mass is 10.1. The molecule has 0 aliphatic heterocycles. The zero-order valence-electron chi connectivity index (χ0n) is 16.8. The topological polar surface area (TPSA) is 130 Å². The first kappa shape index (κ1) is 21.2. The first-order valence-electron chi connectivity index (χ1n) is 9.06. The standard InChI is InChI=1S/C19H20N4O6S/c1-5-28-19(25)16-13(14-7-6-10(2)29-14)9-30-18(16)20-15(24)8-22-12(4)17(23(26)27)11(3)21-22/h6-7,9H,5,8H2,1-4H3,(H,20,24). The van der Waals surface area contributed by atoms with E-state index in [1.807, 2.05) is 0 Å². The summed E-state index contributed by atoms with van der Waals surface area (Å²) >= 11 is 1.16. The molecule has 3 aromatic heterocycles. The number of ether oxygens (including phenoxy) is 1. The van der Waals surface area contributed by atoms with Gasteiger partial charge in [-0.1, -0.05) is 0 Å². The molecule has 3 heterocycles. The molecule has 1 amide bonds. The van der Waals surface area contributed by atoms with Gasteiger partial charge in [-0.25, -0.2) is 4.79 Å². The van der Waals surface area contributed by atoms with Gasteiger partial charge in [-0.05, 0) is 39.8 Å². The van der Waals surface area contributed by atoms with Crippen LogP contribution in [-0.2, 0) is 16.1 Å². The van der Waals surface area contributed by atoms with Gasteiger partial charge in [0.05, 0.1) is 11.5 Å². The van der Waals surface area contributed by atoms with E-state index in [1.165, 1.54) is 18.5 Å². The fraction of sp³-hybridized carbons (Fsp3) is 0.316. The number of aryl methyl sites for hydroxylation is 2. The highest BCUT2D eigenvalue weighted by Gasteiger charge is 2.26.